The Hall–Kier alpha value is -2.77. The van der Waals surface area contributed by atoms with Crippen molar-refractivity contribution in [2.24, 2.45) is 4.99 Å². The molecule has 2 saturated heterocycles. The molecule has 0 N–H and O–H groups in total. The highest BCUT2D eigenvalue weighted by Gasteiger charge is 2.54. The predicted octanol–water partition coefficient (Wildman–Crippen LogP) is 2.36. The van der Waals surface area contributed by atoms with Gasteiger partial charge < -0.3 is 19.4 Å². The third kappa shape index (κ3) is 3.30. The third-order valence-corrected chi connectivity index (χ3v) is 5.98. The number of hydrogen-bond donors (Lipinski definition) is 0. The van der Waals surface area contributed by atoms with Gasteiger partial charge in [0.15, 0.2) is 12.2 Å². The first-order valence-corrected chi connectivity index (χ1v) is 10.4. The van der Waals surface area contributed by atoms with E-state index in [1.54, 1.807) is 19.1 Å². The maximum Gasteiger partial charge on any atom is 0.328 e. The standard InChI is InChI=1S/C21H29N5O3/c1-4-5-6-7-11-26-19(27)17-18(23(2)21(26)28)22-20-24(12-13-25(17)20)15-9-8-10-16(14-15)29-3/h8-10,14,17-18H,4-7,11-13H2,1-3H3. The molecule has 29 heavy (non-hydrogen) atoms. The highest BCUT2D eigenvalue weighted by molar-refractivity contribution is 6.08. The summed E-state index contributed by atoms with van der Waals surface area (Å²) in [4.78, 5) is 38.0. The van der Waals surface area contributed by atoms with E-state index in [4.69, 9.17) is 9.73 Å². The summed E-state index contributed by atoms with van der Waals surface area (Å²) in [6.45, 7) is 4.08. The largest absolute Gasteiger partial charge is 0.497 e. The van der Waals surface area contributed by atoms with Crippen LogP contribution in [-0.4, -0.2) is 78.6 Å². The third-order valence-electron chi connectivity index (χ3n) is 5.98. The number of fused-ring (bicyclic) bond motifs is 3. The van der Waals surface area contributed by atoms with Crippen LogP contribution in [0.3, 0.4) is 0 Å². The van der Waals surface area contributed by atoms with Crippen LogP contribution in [0.25, 0.3) is 0 Å². The topological polar surface area (TPSA) is 68.7 Å². The number of methoxy groups -OCH3 is 1. The van der Waals surface area contributed by atoms with Gasteiger partial charge >= 0.3 is 6.03 Å². The van der Waals surface area contributed by atoms with Crippen molar-refractivity contribution in [2.75, 3.05) is 38.7 Å². The van der Waals surface area contributed by atoms with Gasteiger partial charge in [0.1, 0.15) is 5.75 Å². The summed E-state index contributed by atoms with van der Waals surface area (Å²) in [7, 11) is 3.39. The number of amides is 3. The zero-order valence-corrected chi connectivity index (χ0v) is 17.4. The summed E-state index contributed by atoms with van der Waals surface area (Å²) in [5.41, 5.74) is 0.974. The lowest BCUT2D eigenvalue weighted by Gasteiger charge is -2.40. The van der Waals surface area contributed by atoms with E-state index in [1.807, 2.05) is 24.3 Å². The first-order chi connectivity index (χ1) is 14.1. The lowest BCUT2D eigenvalue weighted by atomic mass is 10.1. The summed E-state index contributed by atoms with van der Waals surface area (Å²) >= 11 is 0. The van der Waals surface area contributed by atoms with Gasteiger partial charge in [0.05, 0.1) is 7.11 Å². The van der Waals surface area contributed by atoms with Gasteiger partial charge in [-0.25, -0.2) is 9.79 Å². The molecule has 2 unspecified atom stereocenters. The highest BCUT2D eigenvalue weighted by Crippen LogP contribution is 2.34. The van der Waals surface area contributed by atoms with Gasteiger partial charge in [0, 0.05) is 38.4 Å². The number of unbranched alkanes of at least 4 members (excludes halogenated alkanes) is 3. The van der Waals surface area contributed by atoms with E-state index in [1.165, 1.54) is 4.90 Å². The molecule has 0 bridgehead atoms. The van der Waals surface area contributed by atoms with E-state index in [2.05, 4.69) is 16.7 Å². The summed E-state index contributed by atoms with van der Waals surface area (Å²) in [5.74, 6) is 1.41. The Bertz CT molecular complexity index is 826. The smallest absolute Gasteiger partial charge is 0.328 e. The Morgan fingerprint density at radius 3 is 2.76 bits per heavy atom. The van der Waals surface area contributed by atoms with Crippen LogP contribution in [-0.2, 0) is 4.79 Å². The molecule has 2 fully saturated rings. The molecule has 3 aliphatic rings. The summed E-state index contributed by atoms with van der Waals surface area (Å²) in [6, 6.07) is 7.14. The number of guanidine groups is 1. The molecule has 0 radical (unpaired) electrons. The number of benzene rings is 1. The Labute approximate surface area is 171 Å². The number of ether oxygens (including phenoxy) is 1. The van der Waals surface area contributed by atoms with Crippen molar-refractivity contribution in [1.29, 1.82) is 0 Å². The second-order valence-corrected chi connectivity index (χ2v) is 7.78. The first kappa shape index (κ1) is 19.5. The average Bonchev–Trinajstić information content (AvgIpc) is 3.31. The highest BCUT2D eigenvalue weighted by atomic mass is 16.5. The van der Waals surface area contributed by atoms with Crippen molar-refractivity contribution < 1.29 is 14.3 Å². The second-order valence-electron chi connectivity index (χ2n) is 7.78. The van der Waals surface area contributed by atoms with Crippen molar-refractivity contribution in [3.8, 4) is 5.75 Å². The lowest BCUT2D eigenvalue weighted by molar-refractivity contribution is -0.137. The molecular formula is C21H29N5O3. The van der Waals surface area contributed by atoms with E-state index in [9.17, 15) is 9.59 Å². The number of likely N-dealkylation sites (N-methyl/N-ethyl adjacent to an activating group) is 1. The van der Waals surface area contributed by atoms with Crippen LogP contribution in [0.2, 0.25) is 0 Å². The monoisotopic (exact) mass is 399 g/mol. The van der Waals surface area contributed by atoms with E-state index in [-0.39, 0.29) is 11.9 Å². The molecule has 0 aliphatic carbocycles. The normalized spacial score (nSPS) is 23.5. The number of carbonyl (C=O) groups excluding carboxylic acids is 2. The number of rotatable bonds is 7. The summed E-state index contributed by atoms with van der Waals surface area (Å²) < 4.78 is 5.34. The molecular weight excluding hydrogens is 370 g/mol. The quantitative estimate of drug-likeness (QED) is 0.659. The van der Waals surface area contributed by atoms with Gasteiger partial charge in [-0.2, -0.15) is 0 Å². The zero-order valence-electron chi connectivity index (χ0n) is 17.4. The van der Waals surface area contributed by atoms with Crippen LogP contribution in [0.1, 0.15) is 32.6 Å². The second kappa shape index (κ2) is 7.93. The number of hydrogen-bond acceptors (Lipinski definition) is 6. The number of carbonyl (C=O) groups is 2. The fourth-order valence-corrected chi connectivity index (χ4v) is 4.36. The van der Waals surface area contributed by atoms with E-state index >= 15 is 0 Å². The van der Waals surface area contributed by atoms with Gasteiger partial charge in [-0.1, -0.05) is 32.3 Å². The molecule has 0 spiro atoms. The van der Waals surface area contributed by atoms with Crippen molar-refractivity contribution in [2.45, 2.75) is 44.8 Å². The SMILES string of the molecule is CCCCCCN1C(=O)C2C(N=C3N(c4cccc(OC)c4)CCN32)N(C)C1=O. The lowest BCUT2D eigenvalue weighted by Crippen LogP contribution is -2.64. The van der Waals surface area contributed by atoms with Crippen molar-refractivity contribution in [1.82, 2.24) is 14.7 Å². The van der Waals surface area contributed by atoms with Gasteiger partial charge in [-0.05, 0) is 18.6 Å². The molecule has 4 rings (SSSR count). The average molecular weight is 399 g/mol. The van der Waals surface area contributed by atoms with E-state index < -0.39 is 12.2 Å². The molecule has 1 aromatic carbocycles. The maximum absolute atomic E-state index is 13.2. The molecule has 3 heterocycles. The fourth-order valence-electron chi connectivity index (χ4n) is 4.36. The Morgan fingerprint density at radius 2 is 2.00 bits per heavy atom. The fraction of sp³-hybridized carbons (Fsp3) is 0.571. The molecule has 3 amide bonds. The summed E-state index contributed by atoms with van der Waals surface area (Å²) in [6.07, 6.45) is 3.65. The molecule has 1 aromatic rings. The Morgan fingerprint density at radius 1 is 1.17 bits per heavy atom. The number of aliphatic imine (C=N–C) groups is 1. The van der Waals surface area contributed by atoms with Crippen molar-refractivity contribution in [3.05, 3.63) is 24.3 Å². The minimum Gasteiger partial charge on any atom is -0.497 e. The van der Waals surface area contributed by atoms with Crippen LogP contribution in [0.5, 0.6) is 5.75 Å². The predicted molar refractivity (Wildman–Crippen MR) is 111 cm³/mol. The van der Waals surface area contributed by atoms with Gasteiger partial charge in [-0.15, -0.1) is 0 Å². The zero-order chi connectivity index (χ0) is 20.5. The van der Waals surface area contributed by atoms with Crippen molar-refractivity contribution >= 4 is 23.6 Å². The number of anilines is 1. The number of imide groups is 1. The van der Waals surface area contributed by atoms with Gasteiger partial charge in [-0.3, -0.25) is 9.69 Å². The van der Waals surface area contributed by atoms with Gasteiger partial charge in [0.2, 0.25) is 5.96 Å². The molecule has 2 atom stereocenters. The molecule has 8 nitrogen and oxygen atoms in total. The molecule has 0 saturated carbocycles. The molecule has 8 heteroatoms. The van der Waals surface area contributed by atoms with E-state index in [0.29, 0.717) is 13.1 Å². The minimum absolute atomic E-state index is 0.124. The number of urea groups is 1. The number of nitrogens with zero attached hydrogens (tertiary/aromatic N) is 5. The molecule has 0 aromatic heterocycles. The minimum atomic E-state index is -0.467. The Balaban J connectivity index is 1.55. The Kier molecular flexibility index (Phi) is 5.34. The first-order valence-electron chi connectivity index (χ1n) is 10.4. The van der Waals surface area contributed by atoms with Crippen LogP contribution in [0.15, 0.2) is 29.3 Å². The molecule has 3 aliphatic heterocycles. The van der Waals surface area contributed by atoms with E-state index in [0.717, 1.165) is 49.6 Å². The summed E-state index contributed by atoms with van der Waals surface area (Å²) in [5, 5.41) is 0. The maximum atomic E-state index is 13.2. The van der Waals surface area contributed by atoms with Crippen molar-refractivity contribution in [3.63, 3.8) is 0 Å². The van der Waals surface area contributed by atoms with Crippen LogP contribution < -0.4 is 9.64 Å². The van der Waals surface area contributed by atoms with Crippen LogP contribution in [0, 0.1) is 0 Å². The van der Waals surface area contributed by atoms with Crippen LogP contribution >= 0.6 is 0 Å². The van der Waals surface area contributed by atoms with Gasteiger partial charge in [0.25, 0.3) is 5.91 Å². The van der Waals surface area contributed by atoms with Crippen LogP contribution in [0.4, 0.5) is 10.5 Å². The molecule has 156 valence electrons.